The average Bonchev–Trinajstić information content (AvgIpc) is 3.25. The Labute approximate surface area is 187 Å². The van der Waals surface area contributed by atoms with Crippen molar-refractivity contribution in [3.63, 3.8) is 0 Å². The summed E-state index contributed by atoms with van der Waals surface area (Å²) in [6.45, 7) is 2.87. The van der Waals surface area contributed by atoms with Crippen molar-refractivity contribution in [1.82, 2.24) is 15.3 Å². The summed E-state index contributed by atoms with van der Waals surface area (Å²) in [5.74, 6) is -1.40. The Kier molecular flexibility index (Phi) is 7.25. The number of thiazole rings is 1. The first-order valence-electron chi connectivity index (χ1n) is 9.10. The highest BCUT2D eigenvalue weighted by molar-refractivity contribution is 7.17. The van der Waals surface area contributed by atoms with Gasteiger partial charge >= 0.3 is 5.97 Å². The van der Waals surface area contributed by atoms with Gasteiger partial charge < -0.3 is 29.8 Å². The van der Waals surface area contributed by atoms with Crippen molar-refractivity contribution in [3.05, 3.63) is 32.0 Å². The molecule has 0 bridgehead atoms. The molecule has 1 aliphatic heterocycles. The lowest BCUT2D eigenvalue weighted by molar-refractivity contribution is 0.0540. The minimum atomic E-state index is -1.03. The number of carbonyl (C=O) groups is 2. The third-order valence-electron chi connectivity index (χ3n) is 4.89. The second kappa shape index (κ2) is 9.52. The van der Waals surface area contributed by atoms with Gasteiger partial charge in [-0.05, 0) is 13.3 Å². The van der Waals surface area contributed by atoms with Crippen LogP contribution >= 0.6 is 34.5 Å². The summed E-state index contributed by atoms with van der Waals surface area (Å²) >= 11 is 13.3. The quantitative estimate of drug-likeness (QED) is 0.562. The molecule has 1 amide bonds. The first-order valence-corrected chi connectivity index (χ1v) is 10.7. The van der Waals surface area contributed by atoms with Gasteiger partial charge in [0.25, 0.3) is 5.91 Å². The van der Waals surface area contributed by atoms with Crippen LogP contribution in [0, 0.1) is 6.92 Å². The number of piperidine rings is 1. The maximum atomic E-state index is 12.7. The molecule has 2 aromatic heterocycles. The molecule has 3 N–H and O–H groups in total. The molecule has 2 atom stereocenters. The molecule has 0 radical (unpaired) electrons. The van der Waals surface area contributed by atoms with Gasteiger partial charge in [-0.25, -0.2) is 9.78 Å². The topological polar surface area (TPSA) is 117 Å². The number of hydrogen-bond acceptors (Lipinski definition) is 7. The number of aromatic nitrogens is 2. The molecule has 0 spiro atoms. The van der Waals surface area contributed by atoms with Crippen molar-refractivity contribution in [1.29, 1.82) is 0 Å². The Morgan fingerprint density at radius 3 is 2.67 bits per heavy atom. The molecule has 1 saturated heterocycles. The molecule has 3 heterocycles. The second-order valence-corrected chi connectivity index (χ2v) is 8.59. The predicted octanol–water partition coefficient (Wildman–Crippen LogP) is 2.95. The van der Waals surface area contributed by atoms with Crippen LogP contribution in [-0.4, -0.2) is 66.4 Å². The van der Waals surface area contributed by atoms with Crippen LogP contribution in [-0.2, 0) is 16.1 Å². The molecule has 0 saturated carbocycles. The molecule has 9 nitrogen and oxygen atoms in total. The number of ether oxygens (including phenoxy) is 2. The van der Waals surface area contributed by atoms with E-state index in [0.717, 1.165) is 11.3 Å². The van der Waals surface area contributed by atoms with E-state index in [1.54, 1.807) is 14.0 Å². The lowest BCUT2D eigenvalue weighted by Crippen LogP contribution is -2.55. The largest absolute Gasteiger partial charge is 0.477 e. The van der Waals surface area contributed by atoms with Crippen molar-refractivity contribution >= 4 is 51.5 Å². The molecular weight excluding hydrogens is 455 g/mol. The number of rotatable bonds is 7. The zero-order chi connectivity index (χ0) is 22.0. The molecule has 30 heavy (non-hydrogen) atoms. The van der Waals surface area contributed by atoms with Crippen molar-refractivity contribution in [3.8, 4) is 0 Å². The van der Waals surface area contributed by atoms with Crippen molar-refractivity contribution < 1.29 is 24.2 Å². The van der Waals surface area contributed by atoms with E-state index >= 15 is 0 Å². The standard InChI is InChI=1S/C18H22Cl2N4O5S/c1-8-12(19)13(20)14(21-8)16(25)22-9-4-5-24(6-11(9)29-3)18-23-10(7-28-2)15(30-18)17(26)27/h9,11,21H,4-7H2,1-3H3,(H,22,25)(H,26,27). The van der Waals surface area contributed by atoms with E-state index in [9.17, 15) is 14.7 Å². The van der Waals surface area contributed by atoms with Crippen LogP contribution in [0.2, 0.25) is 10.0 Å². The number of hydrogen-bond donors (Lipinski definition) is 3. The Morgan fingerprint density at radius 2 is 2.10 bits per heavy atom. The van der Waals surface area contributed by atoms with Crippen LogP contribution in [0.15, 0.2) is 0 Å². The Hall–Kier alpha value is -1.85. The van der Waals surface area contributed by atoms with E-state index in [0.29, 0.717) is 41.1 Å². The molecule has 0 aromatic carbocycles. The third kappa shape index (κ3) is 4.57. The van der Waals surface area contributed by atoms with Gasteiger partial charge in [-0.1, -0.05) is 34.5 Å². The lowest BCUT2D eigenvalue weighted by atomic mass is 10.0. The Morgan fingerprint density at radius 1 is 1.37 bits per heavy atom. The Bertz CT molecular complexity index is 947. The average molecular weight is 477 g/mol. The molecule has 1 aliphatic rings. The van der Waals surface area contributed by atoms with Crippen LogP contribution in [0.4, 0.5) is 5.13 Å². The number of nitrogens with one attached hydrogen (secondary N) is 2. The third-order valence-corrected chi connectivity index (χ3v) is 6.98. The number of H-pyrrole nitrogens is 1. The summed E-state index contributed by atoms with van der Waals surface area (Å²) < 4.78 is 10.6. The highest BCUT2D eigenvalue weighted by Gasteiger charge is 2.33. The van der Waals surface area contributed by atoms with E-state index in [1.807, 2.05) is 4.90 Å². The number of aryl methyl sites for hydroxylation is 1. The lowest BCUT2D eigenvalue weighted by Gasteiger charge is -2.37. The molecule has 12 heteroatoms. The normalized spacial score (nSPS) is 19.2. The van der Waals surface area contributed by atoms with Gasteiger partial charge in [0.1, 0.15) is 10.6 Å². The molecule has 2 unspecified atom stereocenters. The maximum Gasteiger partial charge on any atom is 0.347 e. The van der Waals surface area contributed by atoms with Crippen LogP contribution < -0.4 is 10.2 Å². The number of aromatic amines is 1. The van der Waals surface area contributed by atoms with Gasteiger partial charge in [-0.2, -0.15) is 0 Å². The molecule has 2 aromatic rings. The number of carboxylic acids is 1. The van der Waals surface area contributed by atoms with Crippen LogP contribution in [0.5, 0.6) is 0 Å². The molecule has 3 rings (SSSR count). The highest BCUT2D eigenvalue weighted by Crippen LogP contribution is 2.31. The summed E-state index contributed by atoms with van der Waals surface area (Å²) in [5.41, 5.74) is 1.23. The number of carbonyl (C=O) groups excluding carboxylic acids is 1. The van der Waals surface area contributed by atoms with Gasteiger partial charge in [-0.15, -0.1) is 0 Å². The number of methoxy groups -OCH3 is 2. The highest BCUT2D eigenvalue weighted by atomic mass is 35.5. The first-order chi connectivity index (χ1) is 14.3. The van der Waals surface area contributed by atoms with Gasteiger partial charge in [-0.3, -0.25) is 4.79 Å². The molecule has 164 valence electrons. The van der Waals surface area contributed by atoms with E-state index in [-0.39, 0.29) is 40.3 Å². The summed E-state index contributed by atoms with van der Waals surface area (Å²) in [7, 11) is 3.06. The molecular formula is C18H22Cl2N4O5S. The monoisotopic (exact) mass is 476 g/mol. The van der Waals surface area contributed by atoms with E-state index in [2.05, 4.69) is 15.3 Å². The number of carboxylic acid groups (broad SMARTS) is 1. The first kappa shape index (κ1) is 22.8. The summed E-state index contributed by atoms with van der Waals surface area (Å²) in [6, 6.07) is -0.255. The van der Waals surface area contributed by atoms with E-state index < -0.39 is 5.97 Å². The van der Waals surface area contributed by atoms with Crippen LogP contribution in [0.3, 0.4) is 0 Å². The van der Waals surface area contributed by atoms with E-state index in [1.165, 1.54) is 7.11 Å². The van der Waals surface area contributed by atoms with E-state index in [4.69, 9.17) is 32.7 Å². The maximum absolute atomic E-state index is 12.7. The van der Waals surface area contributed by atoms with Gasteiger partial charge in [0.05, 0.1) is 34.5 Å². The summed E-state index contributed by atoms with van der Waals surface area (Å²) in [4.78, 5) is 33.6. The Balaban J connectivity index is 1.72. The summed E-state index contributed by atoms with van der Waals surface area (Å²) in [5, 5.41) is 13.4. The fraction of sp³-hybridized carbons (Fsp3) is 0.500. The number of halogens is 2. The minimum Gasteiger partial charge on any atom is -0.477 e. The van der Waals surface area contributed by atoms with Crippen LogP contribution in [0.1, 0.15) is 38.0 Å². The fourth-order valence-electron chi connectivity index (χ4n) is 3.34. The predicted molar refractivity (Wildman–Crippen MR) is 114 cm³/mol. The minimum absolute atomic E-state index is 0.122. The molecule has 0 aliphatic carbocycles. The summed E-state index contributed by atoms with van der Waals surface area (Å²) in [6.07, 6.45) is 0.257. The van der Waals surface area contributed by atoms with Crippen molar-refractivity contribution in [2.75, 3.05) is 32.2 Å². The smallest absolute Gasteiger partial charge is 0.347 e. The number of nitrogens with zero attached hydrogens (tertiary/aromatic N) is 2. The van der Waals surface area contributed by atoms with Gasteiger partial charge in [0, 0.05) is 33.0 Å². The van der Waals surface area contributed by atoms with Gasteiger partial charge in [0.2, 0.25) is 0 Å². The fourth-order valence-corrected chi connectivity index (χ4v) is 4.70. The number of anilines is 1. The molecule has 1 fully saturated rings. The van der Waals surface area contributed by atoms with Crippen molar-refractivity contribution in [2.45, 2.75) is 32.1 Å². The van der Waals surface area contributed by atoms with Crippen LogP contribution in [0.25, 0.3) is 0 Å². The zero-order valence-electron chi connectivity index (χ0n) is 16.6. The second-order valence-electron chi connectivity index (χ2n) is 6.85. The zero-order valence-corrected chi connectivity index (χ0v) is 19.0. The van der Waals surface area contributed by atoms with Gasteiger partial charge in [0.15, 0.2) is 5.13 Å². The SMILES string of the molecule is COCc1nc(N2CCC(NC(=O)c3[nH]c(C)c(Cl)c3Cl)C(OC)C2)sc1C(=O)O. The number of amides is 1. The number of aromatic carboxylic acids is 1. The van der Waals surface area contributed by atoms with Crippen molar-refractivity contribution in [2.24, 2.45) is 0 Å².